The number of esters is 1. The standard InChI is InChI=1S/C31H51BrO3/c1-21(2)12-9-13-22(3)14-10-15-23(4)16-11-18-31(8)19-17-27-28(20-32)29(34-26(7)33)24(5)25(6)30(27)35-31/h21-23H,9-20H2,1-8H3/t22-,23+,31?/m1/s1. The van der Waals surface area contributed by atoms with Gasteiger partial charge in [-0.1, -0.05) is 88.6 Å². The molecule has 0 saturated heterocycles. The van der Waals surface area contributed by atoms with Crippen molar-refractivity contribution in [1.82, 2.24) is 0 Å². The molecule has 4 heteroatoms. The zero-order chi connectivity index (χ0) is 26.2. The molecule has 1 aliphatic heterocycles. The Bertz CT molecular complexity index is 831. The van der Waals surface area contributed by atoms with Gasteiger partial charge in [-0.3, -0.25) is 4.79 Å². The van der Waals surface area contributed by atoms with Crippen LogP contribution in [0.1, 0.15) is 128 Å². The van der Waals surface area contributed by atoms with Crippen molar-refractivity contribution >= 4 is 21.9 Å². The van der Waals surface area contributed by atoms with Gasteiger partial charge in [0.25, 0.3) is 0 Å². The molecule has 0 aliphatic carbocycles. The van der Waals surface area contributed by atoms with Crippen molar-refractivity contribution in [2.45, 2.75) is 137 Å². The fourth-order valence-electron chi connectivity index (χ4n) is 5.56. The first-order valence-electron chi connectivity index (χ1n) is 14.1. The molecule has 35 heavy (non-hydrogen) atoms. The maximum atomic E-state index is 11.7. The van der Waals surface area contributed by atoms with Crippen molar-refractivity contribution in [3.8, 4) is 11.5 Å². The van der Waals surface area contributed by atoms with Crippen LogP contribution in [0.5, 0.6) is 11.5 Å². The first-order chi connectivity index (χ1) is 16.5. The Hall–Kier alpha value is -1.03. The van der Waals surface area contributed by atoms with Crippen molar-refractivity contribution in [2.24, 2.45) is 17.8 Å². The van der Waals surface area contributed by atoms with E-state index in [2.05, 4.69) is 57.5 Å². The normalized spacial score (nSPS) is 19.3. The lowest BCUT2D eigenvalue weighted by Crippen LogP contribution is -2.37. The first kappa shape index (κ1) is 30.2. The lowest BCUT2D eigenvalue weighted by Gasteiger charge is -2.38. The molecular weight excluding hydrogens is 500 g/mol. The van der Waals surface area contributed by atoms with E-state index in [1.807, 2.05) is 6.92 Å². The number of rotatable bonds is 14. The molecule has 0 amide bonds. The Morgan fingerprint density at radius 3 is 2.09 bits per heavy atom. The molecule has 0 aromatic heterocycles. The second kappa shape index (κ2) is 14.1. The minimum absolute atomic E-state index is 0.124. The van der Waals surface area contributed by atoms with E-state index in [1.54, 1.807) is 0 Å². The highest BCUT2D eigenvalue weighted by Crippen LogP contribution is 2.46. The number of hydrogen-bond acceptors (Lipinski definition) is 3. The van der Waals surface area contributed by atoms with Crippen molar-refractivity contribution < 1.29 is 14.3 Å². The van der Waals surface area contributed by atoms with Gasteiger partial charge in [0, 0.05) is 23.4 Å². The molecule has 0 saturated carbocycles. The number of carbonyl (C=O) groups excluding carboxylic acids is 1. The number of carbonyl (C=O) groups is 1. The van der Waals surface area contributed by atoms with E-state index in [-0.39, 0.29) is 11.6 Å². The van der Waals surface area contributed by atoms with Crippen LogP contribution >= 0.6 is 15.9 Å². The topological polar surface area (TPSA) is 35.5 Å². The molecule has 1 unspecified atom stereocenters. The van der Waals surface area contributed by atoms with Crippen LogP contribution < -0.4 is 9.47 Å². The van der Waals surface area contributed by atoms with E-state index in [4.69, 9.17) is 9.47 Å². The van der Waals surface area contributed by atoms with E-state index < -0.39 is 0 Å². The van der Waals surface area contributed by atoms with Gasteiger partial charge < -0.3 is 9.47 Å². The van der Waals surface area contributed by atoms with Crippen LogP contribution in [0.25, 0.3) is 0 Å². The summed E-state index contributed by atoms with van der Waals surface area (Å²) in [5, 5.41) is 0.660. The van der Waals surface area contributed by atoms with Gasteiger partial charge in [-0.15, -0.1) is 0 Å². The van der Waals surface area contributed by atoms with Crippen molar-refractivity contribution in [2.75, 3.05) is 0 Å². The molecule has 1 aromatic carbocycles. The van der Waals surface area contributed by atoms with Gasteiger partial charge in [0.1, 0.15) is 17.1 Å². The van der Waals surface area contributed by atoms with Crippen molar-refractivity contribution in [3.63, 3.8) is 0 Å². The molecule has 0 N–H and O–H groups in total. The molecule has 0 spiro atoms. The smallest absolute Gasteiger partial charge is 0.308 e. The summed E-state index contributed by atoms with van der Waals surface area (Å²) >= 11 is 3.62. The maximum Gasteiger partial charge on any atom is 0.308 e. The molecule has 3 nitrogen and oxygen atoms in total. The molecule has 0 radical (unpaired) electrons. The van der Waals surface area contributed by atoms with Crippen LogP contribution in [0.2, 0.25) is 0 Å². The quantitative estimate of drug-likeness (QED) is 0.131. The highest BCUT2D eigenvalue weighted by atomic mass is 79.9. The van der Waals surface area contributed by atoms with E-state index in [0.29, 0.717) is 11.1 Å². The van der Waals surface area contributed by atoms with E-state index in [1.165, 1.54) is 63.9 Å². The van der Waals surface area contributed by atoms with Gasteiger partial charge >= 0.3 is 5.97 Å². The second-order valence-corrected chi connectivity index (χ2v) is 12.6. The summed E-state index contributed by atoms with van der Waals surface area (Å²) < 4.78 is 12.3. The average molecular weight is 552 g/mol. The minimum atomic E-state index is -0.272. The molecule has 200 valence electrons. The summed E-state index contributed by atoms with van der Waals surface area (Å²) in [5.41, 5.74) is 4.25. The average Bonchev–Trinajstić information content (AvgIpc) is 2.77. The molecule has 0 fully saturated rings. The third-order valence-electron chi connectivity index (χ3n) is 8.06. The maximum absolute atomic E-state index is 11.7. The van der Waals surface area contributed by atoms with Crippen molar-refractivity contribution in [1.29, 1.82) is 0 Å². The van der Waals surface area contributed by atoms with Crippen LogP contribution in [-0.2, 0) is 16.5 Å². The van der Waals surface area contributed by atoms with Crippen LogP contribution in [-0.4, -0.2) is 11.6 Å². The van der Waals surface area contributed by atoms with Gasteiger partial charge in [-0.05, 0) is 75.3 Å². The molecule has 1 aliphatic rings. The molecular formula is C31H51BrO3. The van der Waals surface area contributed by atoms with Gasteiger partial charge in [-0.2, -0.15) is 0 Å². The van der Waals surface area contributed by atoms with Crippen LogP contribution in [0.15, 0.2) is 0 Å². The van der Waals surface area contributed by atoms with Crippen molar-refractivity contribution in [3.05, 3.63) is 22.3 Å². The van der Waals surface area contributed by atoms with Crippen LogP contribution in [0.4, 0.5) is 0 Å². The fraction of sp³-hybridized carbons (Fsp3) is 0.774. The molecule has 1 heterocycles. The number of benzene rings is 1. The lowest BCUT2D eigenvalue weighted by atomic mass is 9.83. The number of alkyl halides is 1. The Morgan fingerprint density at radius 2 is 1.54 bits per heavy atom. The predicted octanol–water partition coefficient (Wildman–Crippen LogP) is 9.65. The summed E-state index contributed by atoms with van der Waals surface area (Å²) in [6.45, 7) is 17.4. The van der Waals surface area contributed by atoms with E-state index in [0.717, 1.165) is 59.5 Å². The monoisotopic (exact) mass is 550 g/mol. The third-order valence-corrected chi connectivity index (χ3v) is 8.62. The number of ether oxygens (including phenoxy) is 2. The molecule has 3 atom stereocenters. The summed E-state index contributed by atoms with van der Waals surface area (Å²) in [4.78, 5) is 11.7. The lowest BCUT2D eigenvalue weighted by molar-refractivity contribution is -0.132. The van der Waals surface area contributed by atoms with E-state index >= 15 is 0 Å². The van der Waals surface area contributed by atoms with Crippen LogP contribution in [0.3, 0.4) is 0 Å². The molecule has 1 aromatic rings. The van der Waals surface area contributed by atoms with Crippen LogP contribution in [0, 0.1) is 31.6 Å². The fourth-order valence-corrected chi connectivity index (χ4v) is 6.15. The second-order valence-electron chi connectivity index (χ2n) is 12.0. The minimum Gasteiger partial charge on any atom is -0.487 e. The Labute approximate surface area is 224 Å². The SMILES string of the molecule is CC(=O)Oc1c(C)c(C)c2c(c1CBr)CCC(C)(CCC[C@@H](C)CCC[C@H](C)CCCC(C)C)O2. The predicted molar refractivity (Wildman–Crippen MR) is 152 cm³/mol. The largest absolute Gasteiger partial charge is 0.487 e. The molecule has 0 bridgehead atoms. The third kappa shape index (κ3) is 9.09. The number of halogens is 1. The highest BCUT2D eigenvalue weighted by molar-refractivity contribution is 9.08. The summed E-state index contributed by atoms with van der Waals surface area (Å²) in [6, 6.07) is 0. The summed E-state index contributed by atoms with van der Waals surface area (Å²) in [5.74, 6) is 3.94. The first-order valence-corrected chi connectivity index (χ1v) is 15.2. The number of hydrogen-bond donors (Lipinski definition) is 0. The van der Waals surface area contributed by atoms with Gasteiger partial charge in [0.2, 0.25) is 0 Å². The molecule has 2 rings (SSSR count). The Kier molecular flexibility index (Phi) is 12.1. The van der Waals surface area contributed by atoms with E-state index in [9.17, 15) is 4.79 Å². The Morgan fingerprint density at radius 1 is 0.971 bits per heavy atom. The Balaban J connectivity index is 1.87. The summed E-state index contributed by atoms with van der Waals surface area (Å²) in [6.07, 6.45) is 13.8. The summed E-state index contributed by atoms with van der Waals surface area (Å²) in [7, 11) is 0. The zero-order valence-electron chi connectivity index (χ0n) is 23.8. The number of fused-ring (bicyclic) bond motifs is 1. The van der Waals surface area contributed by atoms with Gasteiger partial charge in [-0.25, -0.2) is 0 Å². The van der Waals surface area contributed by atoms with Gasteiger partial charge in [0.15, 0.2) is 0 Å². The zero-order valence-corrected chi connectivity index (χ0v) is 25.4. The van der Waals surface area contributed by atoms with Gasteiger partial charge in [0.05, 0.1) is 0 Å². The highest BCUT2D eigenvalue weighted by Gasteiger charge is 2.35.